The second kappa shape index (κ2) is 8.94. The van der Waals surface area contributed by atoms with E-state index in [1.807, 2.05) is 69.3 Å². The summed E-state index contributed by atoms with van der Waals surface area (Å²) in [4.78, 5) is 29.0. The molecule has 0 aliphatic rings. The van der Waals surface area contributed by atoms with Gasteiger partial charge in [-0.25, -0.2) is 0 Å². The van der Waals surface area contributed by atoms with E-state index < -0.39 is 0 Å². The molecule has 2 heterocycles. The SMILES string of the molecule is CCCN(C(=O)c1cc2c(=O)n(CC)c3ccccc3c2s1)c1ccc(OCC)cc1. The molecule has 0 unspecified atom stereocenters. The van der Waals surface area contributed by atoms with Crippen molar-refractivity contribution in [2.75, 3.05) is 18.1 Å². The van der Waals surface area contributed by atoms with Crippen molar-refractivity contribution in [1.29, 1.82) is 0 Å². The summed E-state index contributed by atoms with van der Waals surface area (Å²) in [6.07, 6.45) is 0.829. The molecule has 0 fully saturated rings. The van der Waals surface area contributed by atoms with Gasteiger partial charge in [-0.1, -0.05) is 25.1 Å². The zero-order valence-electron chi connectivity index (χ0n) is 18.1. The van der Waals surface area contributed by atoms with Gasteiger partial charge in [0.25, 0.3) is 11.5 Å². The monoisotopic (exact) mass is 434 g/mol. The second-order valence-corrected chi connectivity index (χ2v) is 8.36. The molecule has 31 heavy (non-hydrogen) atoms. The predicted molar refractivity (Wildman–Crippen MR) is 129 cm³/mol. The third-order valence-electron chi connectivity index (χ3n) is 5.33. The molecule has 4 rings (SSSR count). The molecule has 0 aliphatic heterocycles. The Labute approximate surface area is 185 Å². The molecular formula is C25H26N2O3S. The number of aromatic nitrogens is 1. The van der Waals surface area contributed by atoms with Gasteiger partial charge in [0.2, 0.25) is 0 Å². The summed E-state index contributed by atoms with van der Waals surface area (Å²) >= 11 is 1.40. The van der Waals surface area contributed by atoms with Crippen LogP contribution in [-0.4, -0.2) is 23.6 Å². The van der Waals surface area contributed by atoms with E-state index in [9.17, 15) is 9.59 Å². The topological polar surface area (TPSA) is 51.5 Å². The average Bonchev–Trinajstić information content (AvgIpc) is 3.25. The van der Waals surface area contributed by atoms with E-state index in [-0.39, 0.29) is 11.5 Å². The van der Waals surface area contributed by atoms with Crippen molar-refractivity contribution in [2.24, 2.45) is 0 Å². The number of carbonyl (C=O) groups excluding carboxylic acids is 1. The molecule has 6 heteroatoms. The number of anilines is 1. The average molecular weight is 435 g/mol. The van der Waals surface area contributed by atoms with Crippen molar-refractivity contribution in [2.45, 2.75) is 33.7 Å². The van der Waals surface area contributed by atoms with E-state index >= 15 is 0 Å². The molecule has 0 bridgehead atoms. The molecule has 160 valence electrons. The maximum Gasteiger partial charge on any atom is 0.268 e. The van der Waals surface area contributed by atoms with Crippen molar-refractivity contribution in [1.82, 2.24) is 4.57 Å². The van der Waals surface area contributed by atoms with Gasteiger partial charge in [0.1, 0.15) is 5.75 Å². The Bertz CT molecular complexity index is 1290. The summed E-state index contributed by atoms with van der Waals surface area (Å²) in [5.74, 6) is 0.697. The molecule has 0 saturated heterocycles. The fraction of sp³-hybridized carbons (Fsp3) is 0.280. The fourth-order valence-corrected chi connectivity index (χ4v) is 5.05. The molecule has 0 N–H and O–H groups in total. The number of nitrogens with zero attached hydrogens (tertiary/aromatic N) is 2. The minimum atomic E-state index is -0.0845. The number of aryl methyl sites for hydroxylation is 1. The molecule has 2 aromatic carbocycles. The zero-order valence-corrected chi connectivity index (χ0v) is 18.9. The number of ether oxygens (including phenoxy) is 1. The molecular weight excluding hydrogens is 408 g/mol. The Kier molecular flexibility index (Phi) is 6.09. The standard InChI is InChI=1S/C25H26N2O3S/c1-4-15-27(17-11-13-18(14-12-17)30-6-3)25(29)22-16-20-23(31-22)19-9-7-8-10-21(19)26(5-2)24(20)28/h7-14,16H,4-6,15H2,1-3H3. The maximum absolute atomic E-state index is 13.5. The smallest absolute Gasteiger partial charge is 0.268 e. The van der Waals surface area contributed by atoms with Gasteiger partial charge in [0, 0.05) is 28.9 Å². The van der Waals surface area contributed by atoms with E-state index in [4.69, 9.17) is 4.74 Å². The van der Waals surface area contributed by atoms with Crippen molar-refractivity contribution in [3.8, 4) is 5.75 Å². The first-order chi connectivity index (χ1) is 15.1. The van der Waals surface area contributed by atoms with Gasteiger partial charge in [0.15, 0.2) is 0 Å². The summed E-state index contributed by atoms with van der Waals surface area (Å²) in [5, 5.41) is 1.61. The highest BCUT2D eigenvalue weighted by atomic mass is 32.1. The van der Waals surface area contributed by atoms with Crippen LogP contribution >= 0.6 is 11.3 Å². The lowest BCUT2D eigenvalue weighted by molar-refractivity contribution is 0.0991. The number of amides is 1. The van der Waals surface area contributed by atoms with Crippen LogP contribution in [0.2, 0.25) is 0 Å². The summed E-state index contributed by atoms with van der Waals surface area (Å²) in [5.41, 5.74) is 1.68. The van der Waals surface area contributed by atoms with E-state index in [1.165, 1.54) is 11.3 Å². The van der Waals surface area contributed by atoms with Crippen molar-refractivity contribution < 1.29 is 9.53 Å². The lowest BCUT2D eigenvalue weighted by atomic mass is 10.1. The highest BCUT2D eigenvalue weighted by Crippen LogP contribution is 2.32. The van der Waals surface area contributed by atoms with Crippen molar-refractivity contribution >= 4 is 43.9 Å². The quantitative estimate of drug-likeness (QED) is 0.375. The van der Waals surface area contributed by atoms with Crippen LogP contribution in [0, 0.1) is 0 Å². The number of pyridine rings is 1. The minimum absolute atomic E-state index is 0.0467. The van der Waals surface area contributed by atoms with Crippen LogP contribution in [0.4, 0.5) is 5.69 Å². The molecule has 4 aromatic rings. The Balaban J connectivity index is 1.81. The Morgan fingerprint density at radius 3 is 2.45 bits per heavy atom. The lowest BCUT2D eigenvalue weighted by Crippen LogP contribution is -2.31. The van der Waals surface area contributed by atoms with Gasteiger partial charge in [-0.3, -0.25) is 9.59 Å². The Morgan fingerprint density at radius 1 is 1.03 bits per heavy atom. The summed E-state index contributed by atoms with van der Waals surface area (Å²) in [6, 6.07) is 17.2. The maximum atomic E-state index is 13.5. The lowest BCUT2D eigenvalue weighted by Gasteiger charge is -2.22. The second-order valence-electron chi connectivity index (χ2n) is 7.30. The van der Waals surface area contributed by atoms with Crippen LogP contribution in [0.15, 0.2) is 59.4 Å². The summed E-state index contributed by atoms with van der Waals surface area (Å²) in [6.45, 7) is 7.74. The minimum Gasteiger partial charge on any atom is -0.494 e. The molecule has 0 saturated carbocycles. The van der Waals surface area contributed by atoms with Gasteiger partial charge >= 0.3 is 0 Å². The molecule has 5 nitrogen and oxygen atoms in total. The van der Waals surface area contributed by atoms with E-state index in [2.05, 4.69) is 0 Å². The normalized spacial score (nSPS) is 11.2. The van der Waals surface area contributed by atoms with Gasteiger partial charge in [-0.2, -0.15) is 0 Å². The number of hydrogen-bond donors (Lipinski definition) is 0. The first-order valence-corrected chi connectivity index (χ1v) is 11.5. The molecule has 0 aliphatic carbocycles. The van der Waals surface area contributed by atoms with Crippen LogP contribution in [0.1, 0.15) is 36.9 Å². The Morgan fingerprint density at radius 2 is 1.77 bits per heavy atom. The zero-order chi connectivity index (χ0) is 22.0. The van der Waals surface area contributed by atoms with E-state index in [0.29, 0.717) is 30.0 Å². The third-order valence-corrected chi connectivity index (χ3v) is 6.48. The number of rotatable bonds is 7. The predicted octanol–water partition coefficient (Wildman–Crippen LogP) is 5.69. The van der Waals surface area contributed by atoms with E-state index in [1.54, 1.807) is 15.5 Å². The summed E-state index contributed by atoms with van der Waals surface area (Å²) < 4.78 is 8.17. The van der Waals surface area contributed by atoms with Crippen molar-refractivity contribution in [3.05, 3.63) is 69.8 Å². The fourth-order valence-electron chi connectivity index (χ4n) is 3.92. The number of carbonyl (C=O) groups is 1. The van der Waals surface area contributed by atoms with Crippen LogP contribution < -0.4 is 15.2 Å². The molecule has 0 radical (unpaired) electrons. The largest absolute Gasteiger partial charge is 0.494 e. The third kappa shape index (κ3) is 3.83. The number of thiophene rings is 1. The molecule has 0 spiro atoms. The van der Waals surface area contributed by atoms with E-state index in [0.717, 1.165) is 33.5 Å². The van der Waals surface area contributed by atoms with Crippen LogP contribution in [0.5, 0.6) is 5.75 Å². The molecule has 2 aromatic heterocycles. The van der Waals surface area contributed by atoms with Crippen LogP contribution in [0.3, 0.4) is 0 Å². The number of hydrogen-bond acceptors (Lipinski definition) is 4. The molecule has 0 atom stereocenters. The van der Waals surface area contributed by atoms with Gasteiger partial charge in [0.05, 0.1) is 22.4 Å². The highest BCUT2D eigenvalue weighted by molar-refractivity contribution is 7.21. The van der Waals surface area contributed by atoms with Gasteiger partial charge in [-0.05, 0) is 56.7 Å². The number of fused-ring (bicyclic) bond motifs is 3. The summed E-state index contributed by atoms with van der Waals surface area (Å²) in [7, 11) is 0. The highest BCUT2D eigenvalue weighted by Gasteiger charge is 2.22. The van der Waals surface area contributed by atoms with Gasteiger partial charge in [-0.15, -0.1) is 11.3 Å². The first-order valence-electron chi connectivity index (χ1n) is 10.7. The van der Waals surface area contributed by atoms with Crippen LogP contribution in [0.25, 0.3) is 21.0 Å². The number of benzene rings is 2. The van der Waals surface area contributed by atoms with Crippen molar-refractivity contribution in [3.63, 3.8) is 0 Å². The first kappa shape index (κ1) is 21.1. The molecule has 1 amide bonds. The Hall–Kier alpha value is -3.12. The van der Waals surface area contributed by atoms with Crippen LogP contribution in [-0.2, 0) is 6.54 Å². The van der Waals surface area contributed by atoms with Gasteiger partial charge < -0.3 is 14.2 Å². The number of para-hydroxylation sites is 1.